The molecule has 0 amide bonds. The molecule has 3 nitrogen and oxygen atoms in total. The number of hydrogen-bond donors (Lipinski definition) is 1. The van der Waals surface area contributed by atoms with Crippen LogP contribution in [0.15, 0.2) is 23.6 Å². The van der Waals surface area contributed by atoms with Gasteiger partial charge in [-0.3, -0.25) is 0 Å². The molecule has 2 aromatic heterocycles. The van der Waals surface area contributed by atoms with E-state index >= 15 is 0 Å². The molecule has 0 fully saturated rings. The average molecular weight is 275 g/mol. The molecule has 0 aliphatic carbocycles. The van der Waals surface area contributed by atoms with E-state index in [0.29, 0.717) is 6.54 Å². The Hall–Kier alpha value is -1.30. The van der Waals surface area contributed by atoms with E-state index < -0.39 is 0 Å². The molecular weight excluding hydrogens is 262 g/mol. The fraction of sp³-hybridized carbons (Fsp3) is 0.231. The molecule has 3 aromatic rings. The average Bonchev–Trinajstić information content (AvgIpc) is 2.94. The van der Waals surface area contributed by atoms with E-state index in [0.717, 1.165) is 27.6 Å². The molecule has 2 N–H and O–H groups in total. The Morgan fingerprint density at radius 3 is 3.00 bits per heavy atom. The van der Waals surface area contributed by atoms with Gasteiger partial charge in [0.1, 0.15) is 10.7 Å². The highest BCUT2D eigenvalue weighted by Crippen LogP contribution is 2.31. The lowest BCUT2D eigenvalue weighted by molar-refractivity contribution is 0.954. The van der Waals surface area contributed by atoms with Crippen LogP contribution in [0.4, 0.5) is 0 Å². The van der Waals surface area contributed by atoms with E-state index in [4.69, 9.17) is 5.73 Å². The van der Waals surface area contributed by atoms with Gasteiger partial charge in [0.15, 0.2) is 0 Å². The van der Waals surface area contributed by atoms with Crippen LogP contribution in [0.5, 0.6) is 0 Å². The summed E-state index contributed by atoms with van der Waals surface area (Å²) in [5.41, 5.74) is 8.81. The second-order valence-electron chi connectivity index (χ2n) is 4.16. The lowest BCUT2D eigenvalue weighted by atomic mass is 10.2. The summed E-state index contributed by atoms with van der Waals surface area (Å²) in [6.07, 6.45) is 0.842. The van der Waals surface area contributed by atoms with Gasteiger partial charge in [-0.15, -0.1) is 22.7 Å². The van der Waals surface area contributed by atoms with Gasteiger partial charge in [-0.25, -0.2) is 9.97 Å². The minimum atomic E-state index is 0.645. The third kappa shape index (κ3) is 2.16. The third-order valence-electron chi connectivity index (χ3n) is 2.67. The second kappa shape index (κ2) is 4.76. The van der Waals surface area contributed by atoms with Crippen LogP contribution in [-0.4, -0.2) is 16.5 Å². The number of nitrogens with zero attached hydrogens (tertiary/aromatic N) is 2. The van der Waals surface area contributed by atoms with Crippen LogP contribution >= 0.6 is 22.7 Å². The van der Waals surface area contributed by atoms with Gasteiger partial charge >= 0.3 is 0 Å². The van der Waals surface area contributed by atoms with Gasteiger partial charge in [-0.2, -0.15) is 0 Å². The molecule has 92 valence electrons. The highest BCUT2D eigenvalue weighted by atomic mass is 32.1. The minimum Gasteiger partial charge on any atom is -0.330 e. The van der Waals surface area contributed by atoms with Crippen molar-refractivity contribution in [3.05, 3.63) is 34.2 Å². The normalized spacial score (nSPS) is 11.2. The van der Waals surface area contributed by atoms with E-state index in [-0.39, 0.29) is 0 Å². The van der Waals surface area contributed by atoms with Gasteiger partial charge in [-0.05, 0) is 31.2 Å². The van der Waals surface area contributed by atoms with Crippen molar-refractivity contribution in [2.24, 2.45) is 5.73 Å². The van der Waals surface area contributed by atoms with Crippen LogP contribution in [0.3, 0.4) is 0 Å². The van der Waals surface area contributed by atoms with E-state index in [1.807, 2.05) is 0 Å². The van der Waals surface area contributed by atoms with Crippen molar-refractivity contribution in [1.82, 2.24) is 9.97 Å². The molecule has 0 bridgehead atoms. The molecule has 1 aromatic carbocycles. The van der Waals surface area contributed by atoms with Gasteiger partial charge in [0.25, 0.3) is 0 Å². The van der Waals surface area contributed by atoms with Crippen LogP contribution in [0, 0.1) is 6.92 Å². The van der Waals surface area contributed by atoms with Crippen molar-refractivity contribution in [2.75, 3.05) is 6.54 Å². The minimum absolute atomic E-state index is 0.645. The third-order valence-corrected chi connectivity index (χ3v) is 4.64. The number of rotatable bonds is 3. The molecular formula is C13H13N3S2. The van der Waals surface area contributed by atoms with Gasteiger partial charge < -0.3 is 5.73 Å². The molecule has 0 atom stereocenters. The maximum atomic E-state index is 5.54. The zero-order valence-corrected chi connectivity index (χ0v) is 11.6. The number of benzene rings is 1. The number of aromatic nitrogens is 2. The molecule has 0 unspecified atom stereocenters. The summed E-state index contributed by atoms with van der Waals surface area (Å²) >= 11 is 3.35. The predicted octanol–water partition coefficient (Wildman–Crippen LogP) is 3.23. The maximum absolute atomic E-state index is 5.54. The predicted molar refractivity (Wildman–Crippen MR) is 78.2 cm³/mol. The monoisotopic (exact) mass is 275 g/mol. The Kier molecular flexibility index (Phi) is 3.11. The van der Waals surface area contributed by atoms with Crippen LogP contribution in [0.25, 0.3) is 20.9 Å². The first-order chi connectivity index (χ1) is 8.76. The molecule has 0 saturated heterocycles. The highest BCUT2D eigenvalue weighted by Gasteiger charge is 2.09. The molecule has 18 heavy (non-hydrogen) atoms. The van der Waals surface area contributed by atoms with E-state index in [1.165, 1.54) is 10.3 Å². The Balaban J connectivity index is 2.02. The Labute approximate surface area is 113 Å². The Morgan fingerprint density at radius 2 is 2.17 bits per heavy atom. The van der Waals surface area contributed by atoms with Crippen molar-refractivity contribution in [3.63, 3.8) is 0 Å². The van der Waals surface area contributed by atoms with E-state index in [1.54, 1.807) is 22.7 Å². The van der Waals surface area contributed by atoms with Crippen molar-refractivity contribution in [1.29, 1.82) is 0 Å². The van der Waals surface area contributed by atoms with Gasteiger partial charge in [0.05, 0.1) is 15.2 Å². The topological polar surface area (TPSA) is 51.8 Å². The van der Waals surface area contributed by atoms with Gasteiger partial charge in [0.2, 0.25) is 0 Å². The summed E-state index contributed by atoms with van der Waals surface area (Å²) < 4.78 is 1.21. The molecule has 0 spiro atoms. The lowest BCUT2D eigenvalue weighted by Gasteiger charge is -1.89. The van der Waals surface area contributed by atoms with Gasteiger partial charge in [0, 0.05) is 11.8 Å². The number of thiazole rings is 2. The quantitative estimate of drug-likeness (QED) is 0.798. The van der Waals surface area contributed by atoms with Crippen LogP contribution in [0.1, 0.15) is 10.6 Å². The summed E-state index contributed by atoms with van der Waals surface area (Å²) in [7, 11) is 0. The van der Waals surface area contributed by atoms with E-state index in [2.05, 4.69) is 40.5 Å². The molecule has 2 heterocycles. The first kappa shape index (κ1) is 11.8. The zero-order chi connectivity index (χ0) is 12.5. The summed E-state index contributed by atoms with van der Waals surface area (Å²) in [5, 5.41) is 4.15. The SMILES string of the molecule is Cc1ccc2sc(-c3csc(CCN)n3)nc2c1. The standard InChI is InChI=1S/C13H13N3S2/c1-8-2-3-11-9(6-8)16-13(18-11)10-7-17-12(15-10)4-5-14/h2-3,6-7H,4-5,14H2,1H3. The highest BCUT2D eigenvalue weighted by molar-refractivity contribution is 7.21. The number of hydrogen-bond acceptors (Lipinski definition) is 5. The molecule has 0 aliphatic rings. The summed E-state index contributed by atoms with van der Waals surface area (Å²) in [4.78, 5) is 9.22. The van der Waals surface area contributed by atoms with Crippen LogP contribution in [-0.2, 0) is 6.42 Å². The molecule has 0 saturated carbocycles. The van der Waals surface area contributed by atoms with Crippen LogP contribution < -0.4 is 5.73 Å². The van der Waals surface area contributed by atoms with Gasteiger partial charge in [-0.1, -0.05) is 6.07 Å². The van der Waals surface area contributed by atoms with Crippen molar-refractivity contribution < 1.29 is 0 Å². The Morgan fingerprint density at radius 1 is 1.28 bits per heavy atom. The largest absolute Gasteiger partial charge is 0.330 e. The zero-order valence-electron chi connectivity index (χ0n) is 10.0. The second-order valence-corrected chi connectivity index (χ2v) is 6.13. The van der Waals surface area contributed by atoms with E-state index in [9.17, 15) is 0 Å². The summed E-state index contributed by atoms with van der Waals surface area (Å²) in [5.74, 6) is 0. The molecule has 3 rings (SSSR count). The van der Waals surface area contributed by atoms with Crippen molar-refractivity contribution in [3.8, 4) is 10.7 Å². The number of fused-ring (bicyclic) bond motifs is 1. The first-order valence-electron chi connectivity index (χ1n) is 5.78. The summed E-state index contributed by atoms with van der Waals surface area (Å²) in [6, 6.07) is 6.35. The number of aryl methyl sites for hydroxylation is 1. The first-order valence-corrected chi connectivity index (χ1v) is 7.48. The fourth-order valence-corrected chi connectivity index (χ4v) is 3.57. The molecule has 0 aliphatic heterocycles. The van der Waals surface area contributed by atoms with Crippen molar-refractivity contribution in [2.45, 2.75) is 13.3 Å². The Bertz CT molecular complexity index is 684. The van der Waals surface area contributed by atoms with Crippen LogP contribution in [0.2, 0.25) is 0 Å². The summed E-state index contributed by atoms with van der Waals surface area (Å²) in [6.45, 7) is 2.73. The maximum Gasteiger partial charge on any atom is 0.143 e. The lowest BCUT2D eigenvalue weighted by Crippen LogP contribution is -2.01. The van der Waals surface area contributed by atoms with Crippen molar-refractivity contribution >= 4 is 32.9 Å². The fourth-order valence-electron chi connectivity index (χ4n) is 1.79. The molecule has 5 heteroatoms. The molecule has 0 radical (unpaired) electrons. The number of nitrogens with two attached hydrogens (primary N) is 1. The smallest absolute Gasteiger partial charge is 0.143 e.